The fraction of sp³-hybridized carbons (Fsp3) is 0.800. The smallest absolute Gasteiger partial charge is 0.333 e. The third-order valence-electron chi connectivity index (χ3n) is 3.86. The molecule has 2 heteroatoms. The highest BCUT2D eigenvalue weighted by Gasteiger charge is 2.36. The normalized spacial score (nSPS) is 29.8. The molecular weight excluding hydrogens is 212 g/mol. The first-order valence-corrected chi connectivity index (χ1v) is 6.58. The summed E-state index contributed by atoms with van der Waals surface area (Å²) in [4.78, 5) is 11.5. The average molecular weight is 238 g/mol. The third-order valence-corrected chi connectivity index (χ3v) is 3.86. The van der Waals surface area contributed by atoms with Crippen LogP contribution in [0.25, 0.3) is 0 Å². The zero-order chi connectivity index (χ0) is 13.2. The van der Waals surface area contributed by atoms with Crippen molar-refractivity contribution in [2.75, 3.05) is 0 Å². The minimum absolute atomic E-state index is 0.0906. The van der Waals surface area contributed by atoms with Gasteiger partial charge >= 0.3 is 5.97 Å². The standard InChI is InChI=1S/C15H26O2/c1-10(2)14(16)17-12-7-8-13(11(3)9-12)15(4,5)6/h11-13H,1,7-9H2,2-6H3. The summed E-state index contributed by atoms with van der Waals surface area (Å²) in [6.07, 6.45) is 3.22. The van der Waals surface area contributed by atoms with Crippen LogP contribution < -0.4 is 0 Å². The van der Waals surface area contributed by atoms with Crippen molar-refractivity contribution in [1.29, 1.82) is 0 Å². The van der Waals surface area contributed by atoms with Gasteiger partial charge in [0.25, 0.3) is 0 Å². The van der Waals surface area contributed by atoms with Gasteiger partial charge in [0.15, 0.2) is 0 Å². The summed E-state index contributed by atoms with van der Waals surface area (Å²) in [5.41, 5.74) is 0.846. The van der Waals surface area contributed by atoms with E-state index in [1.165, 1.54) is 0 Å². The minimum atomic E-state index is -0.239. The van der Waals surface area contributed by atoms with Crippen molar-refractivity contribution in [3.05, 3.63) is 12.2 Å². The van der Waals surface area contributed by atoms with E-state index in [0.29, 0.717) is 16.9 Å². The van der Waals surface area contributed by atoms with Crippen molar-refractivity contribution in [2.45, 2.75) is 60.0 Å². The Labute approximate surface area is 105 Å². The second-order valence-corrected chi connectivity index (χ2v) is 6.57. The molecule has 0 aromatic carbocycles. The molecule has 0 radical (unpaired) electrons. The van der Waals surface area contributed by atoms with Crippen LogP contribution in [0, 0.1) is 17.3 Å². The van der Waals surface area contributed by atoms with Crippen molar-refractivity contribution < 1.29 is 9.53 Å². The van der Waals surface area contributed by atoms with Gasteiger partial charge < -0.3 is 4.74 Å². The van der Waals surface area contributed by atoms with Crippen molar-refractivity contribution >= 4 is 5.97 Å². The van der Waals surface area contributed by atoms with E-state index in [4.69, 9.17) is 4.74 Å². The number of hydrogen-bond donors (Lipinski definition) is 0. The van der Waals surface area contributed by atoms with Crippen LogP contribution in [0.5, 0.6) is 0 Å². The van der Waals surface area contributed by atoms with Gasteiger partial charge in [-0.05, 0) is 43.4 Å². The first-order valence-electron chi connectivity index (χ1n) is 6.58. The lowest BCUT2D eigenvalue weighted by Crippen LogP contribution is -2.36. The minimum Gasteiger partial charge on any atom is -0.459 e. The summed E-state index contributed by atoms with van der Waals surface area (Å²) in [5.74, 6) is 1.10. The van der Waals surface area contributed by atoms with E-state index in [1.807, 2.05) is 0 Å². The Balaban J connectivity index is 2.53. The molecule has 0 aliphatic heterocycles. The molecule has 1 fully saturated rings. The second kappa shape index (κ2) is 5.24. The van der Waals surface area contributed by atoms with Crippen molar-refractivity contribution in [3.63, 3.8) is 0 Å². The quantitative estimate of drug-likeness (QED) is 0.537. The van der Waals surface area contributed by atoms with E-state index in [9.17, 15) is 4.79 Å². The van der Waals surface area contributed by atoms with Gasteiger partial charge in [-0.1, -0.05) is 34.3 Å². The first-order chi connectivity index (χ1) is 7.71. The lowest BCUT2D eigenvalue weighted by Gasteiger charge is -2.41. The van der Waals surface area contributed by atoms with E-state index in [1.54, 1.807) is 6.92 Å². The zero-order valence-electron chi connectivity index (χ0n) is 11.9. The van der Waals surface area contributed by atoms with Crippen LogP contribution >= 0.6 is 0 Å². The number of hydrogen-bond acceptors (Lipinski definition) is 2. The molecule has 1 rings (SSSR count). The summed E-state index contributed by atoms with van der Waals surface area (Å²) in [6.45, 7) is 14.5. The molecule has 0 saturated heterocycles. The van der Waals surface area contributed by atoms with Gasteiger partial charge in [-0.2, -0.15) is 0 Å². The number of esters is 1. The summed E-state index contributed by atoms with van der Waals surface area (Å²) in [5, 5.41) is 0. The molecular formula is C15H26O2. The van der Waals surface area contributed by atoms with Crippen LogP contribution in [0.3, 0.4) is 0 Å². The van der Waals surface area contributed by atoms with Gasteiger partial charge in [-0.3, -0.25) is 0 Å². The Bertz CT molecular complexity index is 299. The van der Waals surface area contributed by atoms with E-state index in [-0.39, 0.29) is 12.1 Å². The molecule has 2 nitrogen and oxygen atoms in total. The summed E-state index contributed by atoms with van der Waals surface area (Å²) >= 11 is 0. The largest absolute Gasteiger partial charge is 0.459 e. The average Bonchev–Trinajstić information content (AvgIpc) is 2.15. The molecule has 0 amide bonds. The summed E-state index contributed by atoms with van der Waals surface area (Å²) in [6, 6.07) is 0. The molecule has 0 bridgehead atoms. The van der Waals surface area contributed by atoms with Crippen LogP contribution in [0.1, 0.15) is 53.9 Å². The number of ether oxygens (including phenoxy) is 1. The zero-order valence-corrected chi connectivity index (χ0v) is 11.9. The molecule has 1 saturated carbocycles. The number of carbonyl (C=O) groups excluding carboxylic acids is 1. The predicted octanol–water partition coefficient (Wildman–Crippen LogP) is 3.96. The Morgan fingerprint density at radius 1 is 1.29 bits per heavy atom. The van der Waals surface area contributed by atoms with Crippen LogP contribution in [0.4, 0.5) is 0 Å². The van der Waals surface area contributed by atoms with Gasteiger partial charge in [0, 0.05) is 5.57 Å². The Kier molecular flexibility index (Phi) is 4.40. The lowest BCUT2D eigenvalue weighted by molar-refractivity contribution is -0.147. The molecule has 0 aromatic heterocycles. The van der Waals surface area contributed by atoms with Crippen LogP contribution in [-0.4, -0.2) is 12.1 Å². The maximum Gasteiger partial charge on any atom is 0.333 e. The molecule has 0 spiro atoms. The molecule has 0 heterocycles. The number of carbonyl (C=O) groups is 1. The molecule has 0 aromatic rings. The Morgan fingerprint density at radius 3 is 2.29 bits per heavy atom. The molecule has 98 valence electrons. The summed E-state index contributed by atoms with van der Waals surface area (Å²) < 4.78 is 5.45. The van der Waals surface area contributed by atoms with Crippen LogP contribution in [-0.2, 0) is 9.53 Å². The van der Waals surface area contributed by atoms with Crippen molar-refractivity contribution in [2.24, 2.45) is 17.3 Å². The van der Waals surface area contributed by atoms with Gasteiger partial charge in [-0.25, -0.2) is 4.79 Å². The molecule has 17 heavy (non-hydrogen) atoms. The second-order valence-electron chi connectivity index (χ2n) is 6.57. The molecule has 3 unspecified atom stereocenters. The van der Waals surface area contributed by atoms with E-state index >= 15 is 0 Å². The summed E-state index contributed by atoms with van der Waals surface area (Å²) in [7, 11) is 0. The monoisotopic (exact) mass is 238 g/mol. The number of rotatable bonds is 2. The maximum atomic E-state index is 11.5. The van der Waals surface area contributed by atoms with Gasteiger partial charge in [0.1, 0.15) is 6.10 Å². The third kappa shape index (κ3) is 3.86. The van der Waals surface area contributed by atoms with Gasteiger partial charge in [0.05, 0.1) is 0 Å². The SMILES string of the molecule is C=C(C)C(=O)OC1CCC(C(C)(C)C)C(C)C1. The van der Waals surface area contributed by atoms with E-state index in [0.717, 1.165) is 25.2 Å². The van der Waals surface area contributed by atoms with Crippen molar-refractivity contribution in [1.82, 2.24) is 0 Å². The molecule has 3 atom stereocenters. The molecule has 1 aliphatic carbocycles. The molecule has 0 N–H and O–H groups in total. The van der Waals surface area contributed by atoms with Gasteiger partial charge in [0.2, 0.25) is 0 Å². The van der Waals surface area contributed by atoms with E-state index < -0.39 is 0 Å². The van der Waals surface area contributed by atoms with Crippen LogP contribution in [0.15, 0.2) is 12.2 Å². The molecule has 1 aliphatic rings. The van der Waals surface area contributed by atoms with Crippen molar-refractivity contribution in [3.8, 4) is 0 Å². The topological polar surface area (TPSA) is 26.3 Å². The highest BCUT2D eigenvalue weighted by Crippen LogP contribution is 2.42. The van der Waals surface area contributed by atoms with E-state index in [2.05, 4.69) is 34.3 Å². The Hall–Kier alpha value is -0.790. The highest BCUT2D eigenvalue weighted by molar-refractivity contribution is 5.87. The lowest BCUT2D eigenvalue weighted by atomic mass is 9.66. The fourth-order valence-corrected chi connectivity index (χ4v) is 2.99. The first kappa shape index (κ1) is 14.3. The fourth-order valence-electron chi connectivity index (χ4n) is 2.99. The van der Waals surface area contributed by atoms with Gasteiger partial charge in [-0.15, -0.1) is 0 Å². The van der Waals surface area contributed by atoms with Crippen LogP contribution in [0.2, 0.25) is 0 Å². The maximum absolute atomic E-state index is 11.5. The highest BCUT2D eigenvalue weighted by atomic mass is 16.5. The Morgan fingerprint density at radius 2 is 1.88 bits per heavy atom. The predicted molar refractivity (Wildman–Crippen MR) is 70.7 cm³/mol.